The number of nitrogens with one attached hydrogen (secondary N) is 1. The predicted octanol–water partition coefficient (Wildman–Crippen LogP) is 2.90. The van der Waals surface area contributed by atoms with Crippen molar-refractivity contribution >= 4 is 29.2 Å². The monoisotopic (exact) mass is 321 g/mol. The maximum absolute atomic E-state index is 12.4. The van der Waals surface area contributed by atoms with Crippen LogP contribution in [0.2, 0.25) is 5.02 Å². The molecule has 22 heavy (non-hydrogen) atoms. The highest BCUT2D eigenvalue weighted by atomic mass is 35.5. The number of nitrogens with zero attached hydrogens (tertiary/aromatic N) is 2. The van der Waals surface area contributed by atoms with E-state index in [9.17, 15) is 9.59 Å². The minimum Gasteiger partial charge on any atom is -0.465 e. The van der Waals surface area contributed by atoms with Gasteiger partial charge >= 0.3 is 5.97 Å². The summed E-state index contributed by atoms with van der Waals surface area (Å²) in [6, 6.07) is 6.39. The van der Waals surface area contributed by atoms with Crippen LogP contribution >= 0.6 is 11.6 Å². The number of ether oxygens (including phenoxy) is 1. The number of halogens is 1. The molecular formula is C15H16ClN3O3. The third-order valence-electron chi connectivity index (χ3n) is 3.13. The van der Waals surface area contributed by atoms with Gasteiger partial charge in [-0.25, -0.2) is 4.79 Å². The van der Waals surface area contributed by atoms with Crippen LogP contribution in [0.25, 0.3) is 0 Å². The molecule has 0 fully saturated rings. The molecule has 0 aliphatic heterocycles. The van der Waals surface area contributed by atoms with E-state index in [-0.39, 0.29) is 5.91 Å². The van der Waals surface area contributed by atoms with Gasteiger partial charge in [-0.15, -0.1) is 0 Å². The molecule has 6 nitrogen and oxygen atoms in total. The zero-order valence-corrected chi connectivity index (χ0v) is 13.3. The second-order valence-electron chi connectivity index (χ2n) is 4.59. The van der Waals surface area contributed by atoms with Crippen LogP contribution in [0.5, 0.6) is 0 Å². The zero-order valence-electron chi connectivity index (χ0n) is 12.5. The normalized spacial score (nSPS) is 10.4. The van der Waals surface area contributed by atoms with Crippen LogP contribution in [-0.4, -0.2) is 28.8 Å². The molecule has 1 N–H and O–H groups in total. The van der Waals surface area contributed by atoms with Gasteiger partial charge in [0.05, 0.1) is 23.4 Å². The fourth-order valence-electron chi connectivity index (χ4n) is 2.00. The summed E-state index contributed by atoms with van der Waals surface area (Å²) in [5.74, 6) is -0.779. The molecule has 0 aliphatic carbocycles. The van der Waals surface area contributed by atoms with Gasteiger partial charge in [0, 0.05) is 12.2 Å². The number of carbonyl (C=O) groups excluding carboxylic acids is 2. The minimum absolute atomic E-state index is 0.318. The summed E-state index contributed by atoms with van der Waals surface area (Å²) in [7, 11) is 1.31. The maximum Gasteiger partial charge on any atom is 0.337 e. The number of anilines is 1. The van der Waals surface area contributed by atoms with Gasteiger partial charge in [-0.05, 0) is 38.1 Å². The Hall–Kier alpha value is -2.34. The SMILES string of the molecule is CCn1nc(C)c(Cl)c1C(=O)Nc1ccc(C(=O)OC)cc1. The number of benzene rings is 1. The lowest BCUT2D eigenvalue weighted by atomic mass is 10.2. The predicted molar refractivity (Wildman–Crippen MR) is 83.4 cm³/mol. The van der Waals surface area contributed by atoms with Crippen molar-refractivity contribution in [3.8, 4) is 0 Å². The van der Waals surface area contributed by atoms with E-state index in [4.69, 9.17) is 11.6 Å². The lowest BCUT2D eigenvalue weighted by Crippen LogP contribution is -2.18. The fraction of sp³-hybridized carbons (Fsp3) is 0.267. The molecule has 0 saturated heterocycles. The van der Waals surface area contributed by atoms with E-state index < -0.39 is 5.97 Å². The number of amides is 1. The lowest BCUT2D eigenvalue weighted by Gasteiger charge is -2.08. The van der Waals surface area contributed by atoms with Gasteiger partial charge in [-0.1, -0.05) is 11.6 Å². The van der Waals surface area contributed by atoms with Gasteiger partial charge in [-0.3, -0.25) is 9.48 Å². The number of hydrogen-bond donors (Lipinski definition) is 1. The number of rotatable bonds is 4. The van der Waals surface area contributed by atoms with Crippen LogP contribution in [0.1, 0.15) is 33.5 Å². The zero-order chi connectivity index (χ0) is 16.3. The summed E-state index contributed by atoms with van der Waals surface area (Å²) in [6.07, 6.45) is 0. The molecule has 7 heteroatoms. The Balaban J connectivity index is 2.21. The molecule has 1 aromatic carbocycles. The number of aryl methyl sites for hydroxylation is 2. The van der Waals surface area contributed by atoms with E-state index in [0.29, 0.717) is 34.2 Å². The molecule has 0 spiro atoms. The minimum atomic E-state index is -0.430. The van der Waals surface area contributed by atoms with Gasteiger partial charge < -0.3 is 10.1 Å². The summed E-state index contributed by atoms with van der Waals surface area (Å²) >= 11 is 6.13. The molecule has 1 amide bonds. The molecule has 0 bridgehead atoms. The number of hydrogen-bond acceptors (Lipinski definition) is 4. The number of methoxy groups -OCH3 is 1. The van der Waals surface area contributed by atoms with Crippen LogP contribution < -0.4 is 5.32 Å². The second-order valence-corrected chi connectivity index (χ2v) is 4.96. The lowest BCUT2D eigenvalue weighted by molar-refractivity contribution is 0.0600. The molecule has 116 valence electrons. The van der Waals surface area contributed by atoms with Crippen molar-refractivity contribution in [3.05, 3.63) is 46.2 Å². The van der Waals surface area contributed by atoms with Crippen molar-refractivity contribution in [1.29, 1.82) is 0 Å². The number of carbonyl (C=O) groups is 2. The Kier molecular flexibility index (Phi) is 4.82. The first-order chi connectivity index (χ1) is 10.5. The van der Waals surface area contributed by atoms with Gasteiger partial charge in [0.1, 0.15) is 5.69 Å². The van der Waals surface area contributed by atoms with Crippen molar-refractivity contribution in [2.75, 3.05) is 12.4 Å². The van der Waals surface area contributed by atoms with Crippen LogP contribution in [0.15, 0.2) is 24.3 Å². The first-order valence-corrected chi connectivity index (χ1v) is 7.08. The van der Waals surface area contributed by atoms with Crippen LogP contribution in [0.4, 0.5) is 5.69 Å². The third-order valence-corrected chi connectivity index (χ3v) is 3.59. The van der Waals surface area contributed by atoms with E-state index in [1.165, 1.54) is 7.11 Å². The molecule has 0 saturated carbocycles. The fourth-order valence-corrected chi connectivity index (χ4v) is 2.22. The van der Waals surface area contributed by atoms with Gasteiger partial charge in [0.2, 0.25) is 0 Å². The van der Waals surface area contributed by atoms with Crippen molar-refractivity contribution in [2.24, 2.45) is 0 Å². The Labute approximate surface area is 133 Å². The number of aromatic nitrogens is 2. The second kappa shape index (κ2) is 6.62. The van der Waals surface area contributed by atoms with Crippen molar-refractivity contribution in [1.82, 2.24) is 9.78 Å². The Morgan fingerprint density at radius 3 is 2.50 bits per heavy atom. The van der Waals surface area contributed by atoms with Crippen LogP contribution in [0.3, 0.4) is 0 Å². The summed E-state index contributed by atoms with van der Waals surface area (Å²) in [5, 5.41) is 7.28. The van der Waals surface area contributed by atoms with E-state index >= 15 is 0 Å². The van der Waals surface area contributed by atoms with E-state index in [1.54, 1.807) is 35.9 Å². The van der Waals surface area contributed by atoms with E-state index in [2.05, 4.69) is 15.2 Å². The largest absolute Gasteiger partial charge is 0.465 e. The Morgan fingerprint density at radius 2 is 1.95 bits per heavy atom. The Bertz CT molecular complexity index is 708. The molecule has 0 unspecified atom stereocenters. The summed E-state index contributed by atoms with van der Waals surface area (Å²) in [5.41, 5.74) is 1.89. The smallest absolute Gasteiger partial charge is 0.337 e. The Morgan fingerprint density at radius 1 is 1.32 bits per heavy atom. The average molecular weight is 322 g/mol. The quantitative estimate of drug-likeness (QED) is 0.879. The van der Waals surface area contributed by atoms with Crippen LogP contribution in [0, 0.1) is 6.92 Å². The van der Waals surface area contributed by atoms with Crippen molar-refractivity contribution in [3.63, 3.8) is 0 Å². The number of esters is 1. The molecule has 2 rings (SSSR count). The summed E-state index contributed by atoms with van der Waals surface area (Å²) in [4.78, 5) is 23.7. The van der Waals surface area contributed by atoms with Crippen molar-refractivity contribution < 1.29 is 14.3 Å². The van der Waals surface area contributed by atoms with Gasteiger partial charge in [0.25, 0.3) is 5.91 Å². The van der Waals surface area contributed by atoms with Gasteiger partial charge in [0.15, 0.2) is 0 Å². The topological polar surface area (TPSA) is 73.2 Å². The molecule has 0 atom stereocenters. The summed E-state index contributed by atoms with van der Waals surface area (Å²) < 4.78 is 6.17. The highest BCUT2D eigenvalue weighted by molar-refractivity contribution is 6.34. The van der Waals surface area contributed by atoms with Crippen LogP contribution in [-0.2, 0) is 11.3 Å². The standard InChI is InChI=1S/C15H16ClN3O3/c1-4-19-13(12(16)9(2)18-19)14(20)17-11-7-5-10(6-8-11)15(21)22-3/h5-8H,4H2,1-3H3,(H,17,20). The molecule has 0 radical (unpaired) electrons. The first kappa shape index (κ1) is 16.0. The average Bonchev–Trinajstić information content (AvgIpc) is 2.82. The third kappa shape index (κ3) is 3.12. The molecule has 1 heterocycles. The molecule has 2 aromatic rings. The van der Waals surface area contributed by atoms with Gasteiger partial charge in [-0.2, -0.15) is 5.10 Å². The molecular weight excluding hydrogens is 306 g/mol. The summed E-state index contributed by atoms with van der Waals surface area (Å²) in [6.45, 7) is 4.17. The van der Waals surface area contributed by atoms with Crippen molar-refractivity contribution in [2.45, 2.75) is 20.4 Å². The highest BCUT2D eigenvalue weighted by Crippen LogP contribution is 2.21. The van der Waals surface area contributed by atoms with E-state index in [0.717, 1.165) is 0 Å². The van der Waals surface area contributed by atoms with E-state index in [1.807, 2.05) is 6.92 Å². The first-order valence-electron chi connectivity index (χ1n) is 6.70. The maximum atomic E-state index is 12.4. The molecule has 1 aromatic heterocycles. The highest BCUT2D eigenvalue weighted by Gasteiger charge is 2.20. The molecule has 0 aliphatic rings.